The molecular weight excluding hydrogens is 254 g/mol. The third-order valence-electron chi connectivity index (χ3n) is 3.86. The Morgan fingerprint density at radius 3 is 2.85 bits per heavy atom. The van der Waals surface area contributed by atoms with Gasteiger partial charge < -0.3 is 15.0 Å². The predicted octanol–water partition coefficient (Wildman–Crippen LogP) is 1.20. The van der Waals surface area contributed by atoms with Crippen LogP contribution in [0.25, 0.3) is 0 Å². The number of aromatic nitrogens is 2. The van der Waals surface area contributed by atoms with E-state index in [1.807, 2.05) is 13.1 Å². The molecule has 0 saturated carbocycles. The van der Waals surface area contributed by atoms with Crippen LogP contribution in [-0.4, -0.2) is 61.7 Å². The highest BCUT2D eigenvalue weighted by Gasteiger charge is 2.24. The number of rotatable bonds is 5. The lowest BCUT2D eigenvalue weighted by atomic mass is 10.1. The Balaban J connectivity index is 2.20. The van der Waals surface area contributed by atoms with Crippen LogP contribution in [0.3, 0.4) is 0 Å². The first-order valence-corrected chi connectivity index (χ1v) is 7.17. The minimum atomic E-state index is 0.438. The molecule has 1 aliphatic rings. The molecule has 1 N–H and O–H groups in total. The number of likely N-dealkylation sites (N-methyl/N-ethyl adjacent to an activating group) is 1. The van der Waals surface area contributed by atoms with Crippen LogP contribution in [0.15, 0.2) is 6.07 Å². The highest BCUT2D eigenvalue weighted by atomic mass is 16.5. The van der Waals surface area contributed by atoms with E-state index < -0.39 is 0 Å². The Bertz CT molecular complexity index is 440. The molecule has 1 saturated heterocycles. The van der Waals surface area contributed by atoms with Crippen LogP contribution >= 0.6 is 0 Å². The van der Waals surface area contributed by atoms with Gasteiger partial charge in [0.05, 0.1) is 0 Å². The Hall–Kier alpha value is -1.40. The maximum Gasteiger partial charge on any atom is 0.158 e. The second-order valence-corrected chi connectivity index (χ2v) is 5.20. The van der Waals surface area contributed by atoms with Crippen molar-refractivity contribution in [3.63, 3.8) is 0 Å². The largest absolute Gasteiger partial charge is 0.377 e. The van der Waals surface area contributed by atoms with Crippen molar-refractivity contribution in [3.05, 3.63) is 11.9 Å². The summed E-state index contributed by atoms with van der Waals surface area (Å²) in [7, 11) is 5.74. The molecule has 1 aromatic heterocycles. The summed E-state index contributed by atoms with van der Waals surface area (Å²) in [4.78, 5) is 13.8. The van der Waals surface area contributed by atoms with E-state index in [0.29, 0.717) is 12.6 Å². The monoisotopic (exact) mass is 279 g/mol. The van der Waals surface area contributed by atoms with Crippen molar-refractivity contribution >= 4 is 11.6 Å². The molecule has 1 fully saturated rings. The molecule has 0 amide bonds. The smallest absolute Gasteiger partial charge is 0.158 e. The Morgan fingerprint density at radius 2 is 2.20 bits per heavy atom. The normalized spacial score (nSPS) is 20.2. The van der Waals surface area contributed by atoms with Gasteiger partial charge in [0.25, 0.3) is 0 Å². The van der Waals surface area contributed by atoms with E-state index in [0.717, 1.165) is 43.5 Å². The first-order valence-electron chi connectivity index (χ1n) is 7.17. The number of ether oxygens (including phenoxy) is 1. The number of piperazine rings is 1. The average molecular weight is 279 g/mol. The maximum atomic E-state index is 5.15. The zero-order valence-electron chi connectivity index (χ0n) is 12.9. The highest BCUT2D eigenvalue weighted by Crippen LogP contribution is 2.20. The van der Waals surface area contributed by atoms with Crippen LogP contribution in [0.5, 0.6) is 0 Å². The van der Waals surface area contributed by atoms with Gasteiger partial charge in [-0.1, -0.05) is 6.92 Å². The molecule has 2 heterocycles. The maximum absolute atomic E-state index is 5.15. The van der Waals surface area contributed by atoms with Crippen LogP contribution in [0.1, 0.15) is 19.2 Å². The van der Waals surface area contributed by atoms with Gasteiger partial charge in [-0.3, -0.25) is 4.90 Å². The molecule has 112 valence electrons. The van der Waals surface area contributed by atoms with Crippen LogP contribution in [0.2, 0.25) is 0 Å². The molecule has 1 unspecified atom stereocenters. The molecule has 0 aliphatic carbocycles. The average Bonchev–Trinajstić information content (AvgIpc) is 2.47. The molecule has 20 heavy (non-hydrogen) atoms. The number of nitrogens with zero attached hydrogens (tertiary/aromatic N) is 4. The van der Waals surface area contributed by atoms with E-state index >= 15 is 0 Å². The predicted molar refractivity (Wildman–Crippen MR) is 81.2 cm³/mol. The quantitative estimate of drug-likeness (QED) is 0.874. The third kappa shape index (κ3) is 3.37. The summed E-state index contributed by atoms with van der Waals surface area (Å²) < 4.78 is 5.15. The molecule has 2 rings (SSSR count). The first kappa shape index (κ1) is 15.0. The zero-order chi connectivity index (χ0) is 14.5. The molecule has 1 aromatic rings. The van der Waals surface area contributed by atoms with Gasteiger partial charge in [-0.2, -0.15) is 0 Å². The Labute approximate surface area is 121 Å². The molecule has 1 atom stereocenters. The Morgan fingerprint density at radius 1 is 1.40 bits per heavy atom. The van der Waals surface area contributed by atoms with Crippen LogP contribution < -0.4 is 10.2 Å². The summed E-state index contributed by atoms with van der Waals surface area (Å²) >= 11 is 0. The number of methoxy groups -OCH3 is 1. The number of hydrogen-bond acceptors (Lipinski definition) is 6. The van der Waals surface area contributed by atoms with E-state index in [2.05, 4.69) is 39.1 Å². The molecule has 0 bridgehead atoms. The fourth-order valence-corrected chi connectivity index (χ4v) is 2.56. The van der Waals surface area contributed by atoms with Gasteiger partial charge in [-0.05, 0) is 13.5 Å². The van der Waals surface area contributed by atoms with E-state index in [1.165, 1.54) is 0 Å². The number of hydrogen-bond donors (Lipinski definition) is 1. The summed E-state index contributed by atoms with van der Waals surface area (Å²) in [6, 6.07) is 2.60. The SMILES string of the molecule is CCC1CN(c2cc(NC)nc(COC)n2)CCN1C. The molecule has 0 spiro atoms. The van der Waals surface area contributed by atoms with Crippen LogP contribution in [0.4, 0.5) is 11.6 Å². The van der Waals surface area contributed by atoms with Gasteiger partial charge in [-0.25, -0.2) is 9.97 Å². The van der Waals surface area contributed by atoms with Crippen molar-refractivity contribution in [2.45, 2.75) is 26.0 Å². The first-order chi connectivity index (χ1) is 9.67. The standard InChI is InChI=1S/C14H25N5O/c1-5-11-9-19(7-6-18(11)3)14-8-12(15-2)16-13(17-14)10-20-4/h8,11H,5-7,9-10H2,1-4H3,(H,15,16,17). The molecule has 6 heteroatoms. The van der Waals surface area contributed by atoms with Gasteiger partial charge in [0, 0.05) is 45.9 Å². The van der Waals surface area contributed by atoms with Crippen molar-refractivity contribution in [2.75, 3.05) is 51.1 Å². The van der Waals surface area contributed by atoms with E-state index in [4.69, 9.17) is 4.74 Å². The molecule has 0 aromatic carbocycles. The molecule has 6 nitrogen and oxygen atoms in total. The minimum Gasteiger partial charge on any atom is -0.377 e. The van der Waals surface area contributed by atoms with Crippen LogP contribution in [-0.2, 0) is 11.3 Å². The van der Waals surface area contributed by atoms with Gasteiger partial charge >= 0.3 is 0 Å². The van der Waals surface area contributed by atoms with Crippen LogP contribution in [0, 0.1) is 0 Å². The van der Waals surface area contributed by atoms with E-state index in [9.17, 15) is 0 Å². The van der Waals surface area contributed by atoms with Gasteiger partial charge in [0.1, 0.15) is 18.2 Å². The summed E-state index contributed by atoms with van der Waals surface area (Å²) in [5, 5.41) is 3.10. The van der Waals surface area contributed by atoms with Crippen molar-refractivity contribution in [2.24, 2.45) is 0 Å². The second kappa shape index (κ2) is 6.85. The minimum absolute atomic E-state index is 0.438. The highest BCUT2D eigenvalue weighted by molar-refractivity contribution is 5.49. The molecular formula is C14H25N5O. The lowest BCUT2D eigenvalue weighted by Crippen LogP contribution is -2.51. The van der Waals surface area contributed by atoms with Crippen molar-refractivity contribution < 1.29 is 4.74 Å². The second-order valence-electron chi connectivity index (χ2n) is 5.20. The van der Waals surface area contributed by atoms with Crippen molar-refractivity contribution in [1.82, 2.24) is 14.9 Å². The van der Waals surface area contributed by atoms with Crippen molar-refractivity contribution in [1.29, 1.82) is 0 Å². The zero-order valence-corrected chi connectivity index (χ0v) is 12.9. The fraction of sp³-hybridized carbons (Fsp3) is 0.714. The topological polar surface area (TPSA) is 53.5 Å². The molecule has 1 aliphatic heterocycles. The summed E-state index contributed by atoms with van der Waals surface area (Å²) in [5.41, 5.74) is 0. The summed E-state index contributed by atoms with van der Waals surface area (Å²) in [6.07, 6.45) is 1.15. The van der Waals surface area contributed by atoms with Crippen molar-refractivity contribution in [3.8, 4) is 0 Å². The van der Waals surface area contributed by atoms with Gasteiger partial charge in [0.2, 0.25) is 0 Å². The lowest BCUT2D eigenvalue weighted by Gasteiger charge is -2.39. The third-order valence-corrected chi connectivity index (χ3v) is 3.86. The summed E-state index contributed by atoms with van der Waals surface area (Å²) in [6.45, 7) is 5.75. The number of nitrogens with one attached hydrogen (secondary N) is 1. The Kier molecular flexibility index (Phi) is 5.14. The van der Waals surface area contributed by atoms with Gasteiger partial charge in [0.15, 0.2) is 5.82 Å². The number of anilines is 2. The van der Waals surface area contributed by atoms with E-state index in [1.54, 1.807) is 7.11 Å². The van der Waals surface area contributed by atoms with E-state index in [-0.39, 0.29) is 0 Å². The summed E-state index contributed by atoms with van der Waals surface area (Å²) in [5.74, 6) is 2.55. The fourth-order valence-electron chi connectivity index (χ4n) is 2.56. The van der Waals surface area contributed by atoms with Gasteiger partial charge in [-0.15, -0.1) is 0 Å². The molecule has 0 radical (unpaired) electrons. The lowest BCUT2D eigenvalue weighted by molar-refractivity contribution is 0.177.